The highest BCUT2D eigenvalue weighted by Gasteiger charge is 2.11. The molecule has 0 atom stereocenters. The summed E-state index contributed by atoms with van der Waals surface area (Å²) in [6.07, 6.45) is 2.84. The molecule has 0 aliphatic carbocycles. The van der Waals surface area contributed by atoms with E-state index < -0.39 is 0 Å². The molecule has 6 heteroatoms. The third kappa shape index (κ3) is 7.36. The van der Waals surface area contributed by atoms with E-state index in [0.29, 0.717) is 19.6 Å². The maximum Gasteiger partial charge on any atom is 0.224 e. The second kappa shape index (κ2) is 13.5. The minimum Gasteiger partial charge on any atom is -0.494 e. The van der Waals surface area contributed by atoms with E-state index in [2.05, 4.69) is 46.3 Å². The molecule has 0 unspecified atom stereocenters. The van der Waals surface area contributed by atoms with E-state index in [4.69, 9.17) is 21.3 Å². The summed E-state index contributed by atoms with van der Waals surface area (Å²) in [7, 11) is 0. The lowest BCUT2D eigenvalue weighted by atomic mass is 10.0. The highest BCUT2D eigenvalue weighted by Crippen LogP contribution is 2.26. The summed E-state index contributed by atoms with van der Waals surface area (Å²) < 4.78 is 8.32. The summed E-state index contributed by atoms with van der Waals surface area (Å²) in [5.74, 6) is 1.92. The van der Waals surface area contributed by atoms with Gasteiger partial charge in [0.2, 0.25) is 5.91 Å². The number of hydrogen-bond acceptors (Lipinski definition) is 3. The van der Waals surface area contributed by atoms with E-state index in [0.717, 1.165) is 75.7 Å². The fourth-order valence-electron chi connectivity index (χ4n) is 5.14. The molecule has 0 aliphatic rings. The third-order valence-corrected chi connectivity index (χ3v) is 7.86. The second-order valence-electron chi connectivity index (χ2n) is 10.4. The van der Waals surface area contributed by atoms with Crippen molar-refractivity contribution in [2.45, 2.75) is 46.1 Å². The van der Waals surface area contributed by atoms with Gasteiger partial charge in [0.15, 0.2) is 0 Å². The van der Waals surface area contributed by atoms with Crippen LogP contribution in [0.3, 0.4) is 0 Å². The smallest absolute Gasteiger partial charge is 0.224 e. The van der Waals surface area contributed by atoms with E-state index in [1.54, 1.807) is 0 Å². The van der Waals surface area contributed by atoms with Crippen LogP contribution in [0.2, 0.25) is 5.02 Å². The van der Waals surface area contributed by atoms with Gasteiger partial charge < -0.3 is 14.6 Å². The lowest BCUT2D eigenvalue weighted by Gasteiger charge is -2.12. The minimum absolute atomic E-state index is 0.0378. The van der Waals surface area contributed by atoms with Gasteiger partial charge in [-0.25, -0.2) is 4.98 Å². The number of para-hydroxylation sites is 2. The molecule has 1 amide bonds. The highest BCUT2D eigenvalue weighted by molar-refractivity contribution is 6.32. The average Bonchev–Trinajstić information content (AvgIpc) is 3.34. The molecule has 0 bridgehead atoms. The SMILES string of the molecule is Cc1cc(OCCCn2c(CCCNC(=O)Cc3ccc(-c4ccccc4)cc3)nc3ccccc32)cc(C)c1Cl. The van der Waals surface area contributed by atoms with Gasteiger partial charge in [-0.3, -0.25) is 4.79 Å². The first-order valence-corrected chi connectivity index (χ1v) is 14.6. The van der Waals surface area contributed by atoms with Crippen LogP contribution in [0.15, 0.2) is 91.0 Å². The summed E-state index contributed by atoms with van der Waals surface area (Å²) in [5, 5.41) is 3.87. The maximum absolute atomic E-state index is 12.6. The Labute approximate surface area is 247 Å². The van der Waals surface area contributed by atoms with Crippen molar-refractivity contribution in [1.82, 2.24) is 14.9 Å². The average molecular weight is 566 g/mol. The van der Waals surface area contributed by atoms with Gasteiger partial charge >= 0.3 is 0 Å². The normalized spacial score (nSPS) is 11.1. The largest absolute Gasteiger partial charge is 0.494 e. The molecule has 5 aromatic rings. The molecule has 0 saturated heterocycles. The molecule has 210 valence electrons. The number of nitrogens with one attached hydrogen (secondary N) is 1. The standard InChI is InChI=1S/C35H36ClN3O2/c1-25-22-30(23-26(2)35(25)36)41-21-9-20-39-32-13-7-6-12-31(32)38-33(39)14-8-19-37-34(40)24-27-15-17-29(18-16-27)28-10-4-3-5-11-28/h3-7,10-13,15-18,22-23H,8-9,14,19-21,24H2,1-2H3,(H,37,40). The lowest BCUT2D eigenvalue weighted by molar-refractivity contribution is -0.120. The van der Waals surface area contributed by atoms with Crippen molar-refractivity contribution in [3.05, 3.63) is 119 Å². The molecule has 5 nitrogen and oxygen atoms in total. The molecule has 1 N–H and O–H groups in total. The summed E-state index contributed by atoms with van der Waals surface area (Å²) in [5.41, 5.74) is 7.51. The number of aromatic nitrogens is 2. The van der Waals surface area contributed by atoms with Crippen molar-refractivity contribution in [3.63, 3.8) is 0 Å². The van der Waals surface area contributed by atoms with Gasteiger partial charge in [0.1, 0.15) is 11.6 Å². The third-order valence-electron chi connectivity index (χ3n) is 7.26. The Kier molecular flexibility index (Phi) is 9.37. The van der Waals surface area contributed by atoms with Gasteiger partial charge in [0.25, 0.3) is 0 Å². The van der Waals surface area contributed by atoms with Gasteiger partial charge in [0.05, 0.1) is 24.1 Å². The predicted molar refractivity (Wildman–Crippen MR) is 168 cm³/mol. The van der Waals surface area contributed by atoms with Crippen LogP contribution in [0.1, 0.15) is 35.4 Å². The predicted octanol–water partition coefficient (Wildman–Crippen LogP) is 7.73. The second-order valence-corrected chi connectivity index (χ2v) is 10.8. The molecule has 1 aromatic heterocycles. The molecular weight excluding hydrogens is 530 g/mol. The van der Waals surface area contributed by atoms with Gasteiger partial charge in [-0.1, -0.05) is 78.3 Å². The summed E-state index contributed by atoms with van der Waals surface area (Å²) in [6, 6.07) is 30.7. The van der Waals surface area contributed by atoms with Crippen molar-refractivity contribution in [2.75, 3.05) is 13.2 Å². The van der Waals surface area contributed by atoms with E-state index in [1.165, 1.54) is 5.56 Å². The van der Waals surface area contributed by atoms with Crippen LogP contribution in [0.25, 0.3) is 22.2 Å². The molecule has 4 aromatic carbocycles. The van der Waals surface area contributed by atoms with Crippen LogP contribution >= 0.6 is 11.6 Å². The topological polar surface area (TPSA) is 56.1 Å². The number of carbonyl (C=O) groups excluding carboxylic acids is 1. The number of halogens is 1. The Hall–Kier alpha value is -4.09. The number of nitrogens with zero attached hydrogens (tertiary/aromatic N) is 2. The number of ether oxygens (including phenoxy) is 1. The van der Waals surface area contributed by atoms with Crippen LogP contribution in [-0.2, 0) is 24.2 Å². The minimum atomic E-state index is 0.0378. The molecule has 0 aliphatic heterocycles. The zero-order valence-electron chi connectivity index (χ0n) is 23.7. The number of carbonyl (C=O) groups is 1. The molecule has 1 heterocycles. The summed E-state index contributed by atoms with van der Waals surface area (Å²) in [6.45, 7) is 6.03. The zero-order chi connectivity index (χ0) is 28.6. The van der Waals surface area contributed by atoms with E-state index in [-0.39, 0.29) is 5.91 Å². The Morgan fingerprint density at radius 3 is 2.32 bits per heavy atom. The van der Waals surface area contributed by atoms with Crippen molar-refractivity contribution < 1.29 is 9.53 Å². The van der Waals surface area contributed by atoms with Gasteiger partial charge in [-0.2, -0.15) is 0 Å². The molecule has 0 saturated carbocycles. The lowest BCUT2D eigenvalue weighted by Crippen LogP contribution is -2.26. The van der Waals surface area contributed by atoms with Crippen molar-refractivity contribution in [1.29, 1.82) is 0 Å². The molecule has 5 rings (SSSR count). The summed E-state index contributed by atoms with van der Waals surface area (Å²) >= 11 is 6.29. The molecule has 0 fully saturated rings. The Bertz CT molecular complexity index is 1590. The number of benzene rings is 4. The maximum atomic E-state index is 12.6. The molecule has 41 heavy (non-hydrogen) atoms. The highest BCUT2D eigenvalue weighted by atomic mass is 35.5. The first kappa shape index (κ1) is 28.4. The Morgan fingerprint density at radius 2 is 1.56 bits per heavy atom. The van der Waals surface area contributed by atoms with E-state index >= 15 is 0 Å². The van der Waals surface area contributed by atoms with Crippen LogP contribution < -0.4 is 10.1 Å². The molecule has 0 spiro atoms. The number of aryl methyl sites for hydroxylation is 4. The first-order valence-electron chi connectivity index (χ1n) is 14.2. The van der Waals surface area contributed by atoms with Gasteiger partial charge in [0, 0.05) is 24.5 Å². The monoisotopic (exact) mass is 565 g/mol. The van der Waals surface area contributed by atoms with Gasteiger partial charge in [-0.05, 0) is 78.8 Å². The van der Waals surface area contributed by atoms with Crippen molar-refractivity contribution >= 4 is 28.5 Å². The fraction of sp³-hybridized carbons (Fsp3) is 0.257. The Balaban J connectivity index is 1.11. The van der Waals surface area contributed by atoms with Crippen LogP contribution in [0, 0.1) is 13.8 Å². The van der Waals surface area contributed by atoms with Crippen molar-refractivity contribution in [3.8, 4) is 16.9 Å². The number of fused-ring (bicyclic) bond motifs is 1. The molecule has 0 radical (unpaired) electrons. The number of amides is 1. The molecular formula is C35H36ClN3O2. The number of imidazole rings is 1. The first-order chi connectivity index (χ1) is 20.0. The van der Waals surface area contributed by atoms with Crippen LogP contribution in [-0.4, -0.2) is 28.6 Å². The van der Waals surface area contributed by atoms with E-state index in [1.807, 2.05) is 68.4 Å². The fourth-order valence-corrected chi connectivity index (χ4v) is 5.24. The van der Waals surface area contributed by atoms with E-state index in [9.17, 15) is 4.79 Å². The Morgan fingerprint density at radius 1 is 0.878 bits per heavy atom. The zero-order valence-corrected chi connectivity index (χ0v) is 24.5. The number of hydrogen-bond donors (Lipinski definition) is 1. The van der Waals surface area contributed by atoms with Gasteiger partial charge in [-0.15, -0.1) is 0 Å². The quantitative estimate of drug-likeness (QED) is 0.157. The number of rotatable bonds is 12. The summed E-state index contributed by atoms with van der Waals surface area (Å²) in [4.78, 5) is 17.5. The van der Waals surface area contributed by atoms with Crippen LogP contribution in [0.5, 0.6) is 5.75 Å². The van der Waals surface area contributed by atoms with Crippen LogP contribution in [0.4, 0.5) is 0 Å². The van der Waals surface area contributed by atoms with Crippen molar-refractivity contribution in [2.24, 2.45) is 0 Å².